The third-order valence-corrected chi connectivity index (χ3v) is 3.80. The lowest BCUT2D eigenvalue weighted by Gasteiger charge is -2.25. The molecule has 1 aromatic carbocycles. The zero-order valence-electron chi connectivity index (χ0n) is 11.9. The van der Waals surface area contributed by atoms with Gasteiger partial charge in [-0.15, -0.1) is 0 Å². The summed E-state index contributed by atoms with van der Waals surface area (Å²) in [7, 11) is -4.14. The van der Waals surface area contributed by atoms with Crippen molar-refractivity contribution in [1.82, 2.24) is 4.90 Å². The monoisotopic (exact) mass is 315 g/mol. The van der Waals surface area contributed by atoms with Crippen LogP contribution in [-0.2, 0) is 10.0 Å². The van der Waals surface area contributed by atoms with Gasteiger partial charge in [-0.3, -0.25) is 14.9 Å². The summed E-state index contributed by atoms with van der Waals surface area (Å²) >= 11 is 0. The lowest BCUT2D eigenvalue weighted by Crippen LogP contribution is -2.36. The third kappa shape index (κ3) is 3.99. The normalized spacial score (nSPS) is 11.5. The molecule has 1 rings (SSSR count). The van der Waals surface area contributed by atoms with Crippen molar-refractivity contribution in [2.24, 2.45) is 5.14 Å². The molecule has 0 aliphatic heterocycles. The Balaban J connectivity index is 3.46. The number of carbonyl (C=O) groups is 1. The van der Waals surface area contributed by atoms with E-state index in [-0.39, 0.29) is 11.6 Å². The van der Waals surface area contributed by atoms with Gasteiger partial charge >= 0.3 is 0 Å². The van der Waals surface area contributed by atoms with Crippen molar-refractivity contribution in [3.8, 4) is 0 Å². The van der Waals surface area contributed by atoms with Crippen molar-refractivity contribution in [1.29, 1.82) is 0 Å². The highest BCUT2D eigenvalue weighted by molar-refractivity contribution is 7.89. The summed E-state index contributed by atoms with van der Waals surface area (Å²) in [5.41, 5.74) is -0.576. The standard InChI is InChI=1S/C12H17N3O5S/c1-4-14(8(2)3)12(16)9-5-10(15(17)18)7-11(6-9)21(13,19)20/h5-8H,4H2,1-3H3,(H2,13,19,20). The van der Waals surface area contributed by atoms with Crippen LogP contribution in [0.2, 0.25) is 0 Å². The van der Waals surface area contributed by atoms with Crippen LogP contribution >= 0.6 is 0 Å². The number of hydrogen-bond acceptors (Lipinski definition) is 5. The van der Waals surface area contributed by atoms with Gasteiger partial charge in [0, 0.05) is 30.3 Å². The highest BCUT2D eigenvalue weighted by Crippen LogP contribution is 2.21. The number of nitrogens with two attached hydrogens (primary N) is 1. The molecule has 0 aromatic heterocycles. The van der Waals surface area contributed by atoms with Crippen LogP contribution < -0.4 is 5.14 Å². The molecule has 2 N–H and O–H groups in total. The molecule has 0 saturated heterocycles. The molecule has 0 spiro atoms. The number of primary sulfonamides is 1. The predicted octanol–water partition coefficient (Wildman–Crippen LogP) is 1.11. The van der Waals surface area contributed by atoms with E-state index >= 15 is 0 Å². The van der Waals surface area contributed by atoms with Crippen molar-refractivity contribution < 1.29 is 18.1 Å². The molecule has 1 amide bonds. The minimum absolute atomic E-state index is 0.0798. The van der Waals surface area contributed by atoms with Crippen molar-refractivity contribution in [2.75, 3.05) is 6.54 Å². The summed E-state index contributed by atoms with van der Waals surface area (Å²) in [4.78, 5) is 23.5. The maximum atomic E-state index is 12.3. The number of non-ortho nitro benzene ring substituents is 1. The molecule has 21 heavy (non-hydrogen) atoms. The molecule has 0 fully saturated rings. The Hall–Kier alpha value is -2.00. The lowest BCUT2D eigenvalue weighted by molar-refractivity contribution is -0.385. The van der Waals surface area contributed by atoms with E-state index in [1.807, 2.05) is 0 Å². The quantitative estimate of drug-likeness (QED) is 0.644. The number of amides is 1. The molecule has 0 unspecified atom stereocenters. The fraction of sp³-hybridized carbons (Fsp3) is 0.417. The van der Waals surface area contributed by atoms with E-state index in [1.165, 1.54) is 4.90 Å². The first-order chi connectivity index (χ1) is 9.57. The fourth-order valence-corrected chi connectivity index (χ4v) is 2.46. The molecule has 116 valence electrons. The number of nitrogens with zero attached hydrogens (tertiary/aromatic N) is 2. The summed E-state index contributed by atoms with van der Waals surface area (Å²) in [6.07, 6.45) is 0. The Morgan fingerprint density at radius 2 is 1.95 bits per heavy atom. The van der Waals surface area contributed by atoms with E-state index in [2.05, 4.69) is 0 Å². The van der Waals surface area contributed by atoms with Gasteiger partial charge in [0.25, 0.3) is 11.6 Å². The zero-order chi connectivity index (χ0) is 16.4. The van der Waals surface area contributed by atoms with Gasteiger partial charge in [-0.25, -0.2) is 13.6 Å². The second-order valence-corrected chi connectivity index (χ2v) is 6.26. The molecule has 0 aliphatic carbocycles. The van der Waals surface area contributed by atoms with E-state index in [0.29, 0.717) is 6.54 Å². The largest absolute Gasteiger partial charge is 0.336 e. The van der Waals surface area contributed by atoms with E-state index in [1.54, 1.807) is 20.8 Å². The molecule has 8 nitrogen and oxygen atoms in total. The number of sulfonamides is 1. The lowest BCUT2D eigenvalue weighted by atomic mass is 10.1. The predicted molar refractivity (Wildman–Crippen MR) is 76.3 cm³/mol. The van der Waals surface area contributed by atoms with Crippen LogP contribution in [0.5, 0.6) is 0 Å². The van der Waals surface area contributed by atoms with Crippen molar-refractivity contribution in [3.05, 3.63) is 33.9 Å². The number of rotatable bonds is 5. The maximum Gasteiger partial charge on any atom is 0.271 e. The Morgan fingerprint density at radius 3 is 2.33 bits per heavy atom. The topological polar surface area (TPSA) is 124 Å². The van der Waals surface area contributed by atoms with Gasteiger partial charge in [-0.1, -0.05) is 0 Å². The third-order valence-electron chi connectivity index (χ3n) is 2.90. The number of benzene rings is 1. The second kappa shape index (κ2) is 6.19. The first-order valence-electron chi connectivity index (χ1n) is 6.21. The SMILES string of the molecule is CCN(C(=O)c1cc([N+](=O)[O-])cc(S(N)(=O)=O)c1)C(C)C. The molecule has 0 atom stereocenters. The van der Waals surface area contributed by atoms with Crippen LogP contribution in [0, 0.1) is 10.1 Å². The van der Waals surface area contributed by atoms with E-state index in [9.17, 15) is 23.3 Å². The van der Waals surface area contributed by atoms with Crippen LogP contribution in [0.15, 0.2) is 23.1 Å². The average molecular weight is 315 g/mol. The summed E-state index contributed by atoms with van der Waals surface area (Å²) < 4.78 is 22.8. The van der Waals surface area contributed by atoms with E-state index in [0.717, 1.165) is 18.2 Å². The van der Waals surface area contributed by atoms with Gasteiger partial charge in [0.15, 0.2) is 0 Å². The van der Waals surface area contributed by atoms with Crippen LogP contribution in [0.1, 0.15) is 31.1 Å². The Kier molecular flexibility index (Phi) is 5.02. The van der Waals surface area contributed by atoms with Crippen LogP contribution in [0.3, 0.4) is 0 Å². The second-order valence-electron chi connectivity index (χ2n) is 4.70. The average Bonchev–Trinajstić information content (AvgIpc) is 2.37. The molecular formula is C12H17N3O5S. The zero-order valence-corrected chi connectivity index (χ0v) is 12.8. The molecule has 1 aromatic rings. The summed E-state index contributed by atoms with van der Waals surface area (Å²) in [6.45, 7) is 5.73. The van der Waals surface area contributed by atoms with Crippen LogP contribution in [-0.4, -0.2) is 36.7 Å². The van der Waals surface area contributed by atoms with Gasteiger partial charge in [0.2, 0.25) is 10.0 Å². The van der Waals surface area contributed by atoms with Crippen LogP contribution in [0.4, 0.5) is 5.69 Å². The molecule has 0 radical (unpaired) electrons. The van der Waals surface area contributed by atoms with Gasteiger partial charge in [-0.05, 0) is 26.8 Å². The number of nitro benzene ring substituents is 1. The number of carbonyl (C=O) groups excluding carboxylic acids is 1. The smallest absolute Gasteiger partial charge is 0.271 e. The molecular weight excluding hydrogens is 298 g/mol. The van der Waals surface area contributed by atoms with Crippen LogP contribution in [0.25, 0.3) is 0 Å². The maximum absolute atomic E-state index is 12.3. The van der Waals surface area contributed by atoms with Crippen molar-refractivity contribution in [3.63, 3.8) is 0 Å². The fourth-order valence-electron chi connectivity index (χ4n) is 1.89. The van der Waals surface area contributed by atoms with E-state index in [4.69, 9.17) is 5.14 Å². The highest BCUT2D eigenvalue weighted by Gasteiger charge is 2.23. The van der Waals surface area contributed by atoms with E-state index < -0.39 is 31.4 Å². The summed E-state index contributed by atoms with van der Waals surface area (Å²) in [5.74, 6) is -0.485. The van der Waals surface area contributed by atoms with Crippen molar-refractivity contribution in [2.45, 2.75) is 31.7 Å². The molecule has 9 heteroatoms. The minimum Gasteiger partial charge on any atom is -0.336 e. The van der Waals surface area contributed by atoms with Crippen molar-refractivity contribution >= 4 is 21.6 Å². The molecule has 0 aliphatic rings. The molecule has 0 saturated carbocycles. The van der Waals surface area contributed by atoms with Gasteiger partial charge in [0.1, 0.15) is 0 Å². The molecule has 0 heterocycles. The Bertz CT molecular complexity index is 669. The Labute approximate surface area is 122 Å². The minimum atomic E-state index is -4.14. The summed E-state index contributed by atoms with van der Waals surface area (Å²) in [5, 5.41) is 15.9. The molecule has 0 bridgehead atoms. The van der Waals surface area contributed by atoms with Gasteiger partial charge in [-0.2, -0.15) is 0 Å². The number of nitro groups is 1. The first-order valence-corrected chi connectivity index (χ1v) is 7.75. The summed E-state index contributed by atoms with van der Waals surface area (Å²) in [6, 6.07) is 2.80. The van der Waals surface area contributed by atoms with Gasteiger partial charge in [0.05, 0.1) is 9.82 Å². The Morgan fingerprint density at radius 1 is 1.38 bits per heavy atom. The first kappa shape index (κ1) is 17.1. The number of hydrogen-bond donors (Lipinski definition) is 1. The highest BCUT2D eigenvalue weighted by atomic mass is 32.2. The van der Waals surface area contributed by atoms with Gasteiger partial charge < -0.3 is 4.90 Å².